The smallest absolute Gasteiger partial charge is 0.241 e. The van der Waals surface area contributed by atoms with Crippen molar-refractivity contribution in [2.75, 3.05) is 20.1 Å². The Bertz CT molecular complexity index is 407. The van der Waals surface area contributed by atoms with E-state index in [9.17, 15) is 4.79 Å². The van der Waals surface area contributed by atoms with Gasteiger partial charge in [-0.05, 0) is 32.0 Å². The molecule has 0 spiro atoms. The van der Waals surface area contributed by atoms with Crippen LogP contribution in [0.15, 0.2) is 30.3 Å². The lowest BCUT2D eigenvalue weighted by atomic mass is 10.0. The van der Waals surface area contributed by atoms with Gasteiger partial charge in [-0.3, -0.25) is 4.79 Å². The number of hydrogen-bond donors (Lipinski definition) is 2. The van der Waals surface area contributed by atoms with Gasteiger partial charge in [0, 0.05) is 12.6 Å². The van der Waals surface area contributed by atoms with Gasteiger partial charge in [-0.2, -0.15) is 0 Å². The molecule has 0 aromatic heterocycles. The summed E-state index contributed by atoms with van der Waals surface area (Å²) in [6.07, 6.45) is 3.65. The largest absolute Gasteiger partial charge is 0.353 e. The van der Waals surface area contributed by atoms with E-state index in [0.29, 0.717) is 12.6 Å². The van der Waals surface area contributed by atoms with Crippen molar-refractivity contribution in [1.29, 1.82) is 0 Å². The van der Waals surface area contributed by atoms with Gasteiger partial charge in [-0.25, -0.2) is 0 Å². The van der Waals surface area contributed by atoms with E-state index in [1.165, 1.54) is 12.8 Å². The molecule has 1 fully saturated rings. The lowest BCUT2D eigenvalue weighted by Crippen LogP contribution is -2.46. The van der Waals surface area contributed by atoms with Gasteiger partial charge in [-0.1, -0.05) is 36.8 Å². The van der Waals surface area contributed by atoms with Gasteiger partial charge in [0.05, 0.1) is 0 Å². The van der Waals surface area contributed by atoms with E-state index in [0.717, 1.165) is 18.5 Å². The van der Waals surface area contributed by atoms with Crippen LogP contribution in [-0.4, -0.2) is 37.0 Å². The molecule has 4 heteroatoms. The molecule has 1 amide bonds. The van der Waals surface area contributed by atoms with Crippen LogP contribution in [0, 0.1) is 0 Å². The summed E-state index contributed by atoms with van der Waals surface area (Å²) in [5, 5.41) is 2.98. The van der Waals surface area contributed by atoms with Crippen LogP contribution >= 0.6 is 0 Å². The molecule has 1 aliphatic rings. The second kappa shape index (κ2) is 6.68. The Labute approximate surface area is 115 Å². The molecule has 1 aromatic rings. The van der Waals surface area contributed by atoms with Crippen LogP contribution in [0.25, 0.3) is 0 Å². The van der Waals surface area contributed by atoms with E-state index < -0.39 is 6.04 Å². The van der Waals surface area contributed by atoms with Crippen LogP contribution in [-0.2, 0) is 4.79 Å². The van der Waals surface area contributed by atoms with Crippen molar-refractivity contribution in [2.45, 2.75) is 31.3 Å². The van der Waals surface area contributed by atoms with E-state index in [4.69, 9.17) is 5.73 Å². The summed E-state index contributed by atoms with van der Waals surface area (Å²) < 4.78 is 0. The Hall–Kier alpha value is -1.39. The molecule has 3 N–H and O–H groups in total. The molecule has 1 unspecified atom stereocenters. The van der Waals surface area contributed by atoms with Crippen molar-refractivity contribution in [3.8, 4) is 0 Å². The summed E-state index contributed by atoms with van der Waals surface area (Å²) in [5.41, 5.74) is 6.82. The highest BCUT2D eigenvalue weighted by Gasteiger charge is 2.21. The summed E-state index contributed by atoms with van der Waals surface area (Å²) in [6, 6.07) is 9.36. The maximum atomic E-state index is 12.0. The van der Waals surface area contributed by atoms with Crippen LogP contribution < -0.4 is 11.1 Å². The third-order valence-corrected chi connectivity index (χ3v) is 3.87. The molecule has 0 radical (unpaired) electrons. The molecule has 2 atom stereocenters. The highest BCUT2D eigenvalue weighted by molar-refractivity contribution is 5.82. The SMILES string of the molecule is CN1CCCCC1CNC(=O)[C@@H](N)c1ccccc1. The number of piperidine rings is 1. The number of likely N-dealkylation sites (N-methyl/N-ethyl adjacent to an activating group) is 1. The molecule has 19 heavy (non-hydrogen) atoms. The minimum Gasteiger partial charge on any atom is -0.353 e. The predicted octanol–water partition coefficient (Wildman–Crippen LogP) is 1.29. The molecule has 4 nitrogen and oxygen atoms in total. The fourth-order valence-corrected chi connectivity index (χ4v) is 2.54. The van der Waals surface area contributed by atoms with Gasteiger partial charge < -0.3 is 16.0 Å². The van der Waals surface area contributed by atoms with E-state index in [2.05, 4.69) is 17.3 Å². The number of likely N-dealkylation sites (tertiary alicyclic amines) is 1. The van der Waals surface area contributed by atoms with Crippen molar-refractivity contribution in [2.24, 2.45) is 5.73 Å². The normalized spacial score (nSPS) is 21.9. The Morgan fingerprint density at radius 1 is 1.42 bits per heavy atom. The van der Waals surface area contributed by atoms with E-state index in [1.807, 2.05) is 30.3 Å². The summed E-state index contributed by atoms with van der Waals surface area (Å²) in [6.45, 7) is 1.81. The van der Waals surface area contributed by atoms with Gasteiger partial charge in [-0.15, -0.1) is 0 Å². The van der Waals surface area contributed by atoms with Crippen molar-refractivity contribution < 1.29 is 4.79 Å². The summed E-state index contributed by atoms with van der Waals surface area (Å²) >= 11 is 0. The number of nitrogens with one attached hydrogen (secondary N) is 1. The zero-order chi connectivity index (χ0) is 13.7. The molecular weight excluding hydrogens is 238 g/mol. The number of rotatable bonds is 4. The fourth-order valence-electron chi connectivity index (χ4n) is 2.54. The first-order valence-electron chi connectivity index (χ1n) is 6.97. The molecule has 1 heterocycles. The van der Waals surface area contributed by atoms with Crippen LogP contribution in [0.3, 0.4) is 0 Å². The molecule has 104 valence electrons. The van der Waals surface area contributed by atoms with Gasteiger partial charge in [0.15, 0.2) is 0 Å². The number of amides is 1. The number of nitrogens with two attached hydrogens (primary N) is 1. The highest BCUT2D eigenvalue weighted by Crippen LogP contribution is 2.14. The minimum absolute atomic E-state index is 0.0924. The van der Waals surface area contributed by atoms with Gasteiger partial charge in [0.2, 0.25) is 5.91 Å². The van der Waals surface area contributed by atoms with Crippen LogP contribution in [0.4, 0.5) is 0 Å². The second-order valence-electron chi connectivity index (χ2n) is 5.26. The standard InChI is InChI=1S/C15H23N3O/c1-18-10-6-5-9-13(18)11-17-15(19)14(16)12-7-3-2-4-8-12/h2-4,7-8,13-14H,5-6,9-11,16H2,1H3,(H,17,19)/t13?,14-/m0/s1. The Morgan fingerprint density at radius 2 is 2.16 bits per heavy atom. The van der Waals surface area contributed by atoms with Gasteiger partial charge >= 0.3 is 0 Å². The number of benzene rings is 1. The van der Waals surface area contributed by atoms with Crippen molar-refractivity contribution >= 4 is 5.91 Å². The average Bonchev–Trinajstić information content (AvgIpc) is 2.46. The summed E-state index contributed by atoms with van der Waals surface area (Å²) in [4.78, 5) is 14.4. The zero-order valence-corrected chi connectivity index (χ0v) is 11.5. The number of hydrogen-bond acceptors (Lipinski definition) is 3. The highest BCUT2D eigenvalue weighted by atomic mass is 16.2. The Kier molecular flexibility index (Phi) is 4.93. The number of nitrogens with zero attached hydrogens (tertiary/aromatic N) is 1. The van der Waals surface area contributed by atoms with Crippen LogP contribution in [0.2, 0.25) is 0 Å². The molecule has 1 aromatic carbocycles. The number of carbonyl (C=O) groups excluding carboxylic acids is 1. The van der Waals surface area contributed by atoms with Crippen molar-refractivity contribution in [3.63, 3.8) is 0 Å². The maximum Gasteiger partial charge on any atom is 0.241 e. The third-order valence-electron chi connectivity index (χ3n) is 3.87. The first kappa shape index (κ1) is 14.0. The zero-order valence-electron chi connectivity index (χ0n) is 11.5. The molecule has 1 aliphatic heterocycles. The van der Waals surface area contributed by atoms with Gasteiger partial charge in [0.1, 0.15) is 6.04 Å². The first-order chi connectivity index (χ1) is 9.18. The van der Waals surface area contributed by atoms with Crippen molar-refractivity contribution in [1.82, 2.24) is 10.2 Å². The van der Waals surface area contributed by atoms with Crippen molar-refractivity contribution in [3.05, 3.63) is 35.9 Å². The predicted molar refractivity (Wildman–Crippen MR) is 76.6 cm³/mol. The van der Waals surface area contributed by atoms with Gasteiger partial charge in [0.25, 0.3) is 0 Å². The number of carbonyl (C=O) groups is 1. The van der Waals surface area contributed by atoms with Crippen LogP contribution in [0.5, 0.6) is 0 Å². The first-order valence-corrected chi connectivity index (χ1v) is 6.97. The third kappa shape index (κ3) is 3.78. The fraction of sp³-hybridized carbons (Fsp3) is 0.533. The minimum atomic E-state index is -0.574. The van der Waals surface area contributed by atoms with E-state index in [-0.39, 0.29) is 5.91 Å². The summed E-state index contributed by atoms with van der Waals surface area (Å²) in [5.74, 6) is -0.0924. The van der Waals surface area contributed by atoms with E-state index >= 15 is 0 Å². The molecule has 2 rings (SSSR count). The Balaban J connectivity index is 1.84. The second-order valence-corrected chi connectivity index (χ2v) is 5.26. The molecule has 0 bridgehead atoms. The monoisotopic (exact) mass is 261 g/mol. The topological polar surface area (TPSA) is 58.4 Å². The molecule has 0 saturated carbocycles. The lowest BCUT2D eigenvalue weighted by Gasteiger charge is -2.32. The lowest BCUT2D eigenvalue weighted by molar-refractivity contribution is -0.122. The maximum absolute atomic E-state index is 12.0. The van der Waals surface area contributed by atoms with E-state index in [1.54, 1.807) is 0 Å². The quantitative estimate of drug-likeness (QED) is 0.858. The molecule has 1 saturated heterocycles. The average molecular weight is 261 g/mol. The molecule has 0 aliphatic carbocycles. The van der Waals surface area contributed by atoms with Crippen LogP contribution in [0.1, 0.15) is 30.9 Å². The Morgan fingerprint density at radius 3 is 2.84 bits per heavy atom. The summed E-state index contributed by atoms with van der Waals surface area (Å²) in [7, 11) is 2.12. The molecular formula is C15H23N3O.